The van der Waals surface area contributed by atoms with E-state index >= 15 is 0 Å². The molecule has 0 saturated heterocycles. The van der Waals surface area contributed by atoms with Gasteiger partial charge in [-0.3, -0.25) is 4.79 Å². The van der Waals surface area contributed by atoms with E-state index in [0.717, 1.165) is 0 Å². The Hall–Kier alpha value is -1.42. The molecule has 2 rings (SSSR count). The monoisotopic (exact) mass is 278 g/mol. The number of hydrogen-bond acceptors (Lipinski definition) is 2. The van der Waals surface area contributed by atoms with E-state index in [1.54, 1.807) is 18.2 Å². The van der Waals surface area contributed by atoms with Crippen LogP contribution in [0.1, 0.15) is 44.9 Å². The first-order valence-corrected chi connectivity index (χ1v) is 7.53. The molecule has 1 aromatic rings. The van der Waals surface area contributed by atoms with Crippen LogP contribution in [0.3, 0.4) is 0 Å². The fraction of sp³-hybridized carbons (Fsp3) is 0.562. The summed E-state index contributed by atoms with van der Waals surface area (Å²) in [5, 5.41) is 6.04. The third-order valence-corrected chi connectivity index (χ3v) is 3.79. The van der Waals surface area contributed by atoms with Gasteiger partial charge in [-0.05, 0) is 25.0 Å². The van der Waals surface area contributed by atoms with E-state index in [2.05, 4.69) is 10.6 Å². The highest BCUT2D eigenvalue weighted by Crippen LogP contribution is 2.17. The first-order valence-electron chi connectivity index (χ1n) is 7.53. The average molecular weight is 278 g/mol. The van der Waals surface area contributed by atoms with Gasteiger partial charge in [-0.25, -0.2) is 4.39 Å². The van der Waals surface area contributed by atoms with Gasteiger partial charge in [0.15, 0.2) is 0 Å². The van der Waals surface area contributed by atoms with Gasteiger partial charge in [-0.15, -0.1) is 0 Å². The fourth-order valence-corrected chi connectivity index (χ4v) is 2.65. The van der Waals surface area contributed by atoms with Crippen molar-refractivity contribution >= 4 is 11.6 Å². The van der Waals surface area contributed by atoms with E-state index in [1.165, 1.54) is 44.6 Å². The Morgan fingerprint density at radius 2 is 1.85 bits per heavy atom. The van der Waals surface area contributed by atoms with Crippen molar-refractivity contribution in [2.45, 2.75) is 51.0 Å². The van der Waals surface area contributed by atoms with Gasteiger partial charge in [-0.2, -0.15) is 0 Å². The molecule has 0 atom stereocenters. The maximum Gasteiger partial charge on any atom is 0.225 e. The molecule has 0 radical (unpaired) electrons. The number of nitrogens with one attached hydrogen (secondary N) is 2. The molecule has 110 valence electrons. The van der Waals surface area contributed by atoms with Crippen LogP contribution in [0.2, 0.25) is 0 Å². The van der Waals surface area contributed by atoms with Crippen molar-refractivity contribution in [1.29, 1.82) is 0 Å². The molecule has 0 bridgehead atoms. The Balaban J connectivity index is 1.68. The topological polar surface area (TPSA) is 41.1 Å². The quantitative estimate of drug-likeness (QED) is 0.810. The molecule has 0 heterocycles. The molecule has 0 spiro atoms. The van der Waals surface area contributed by atoms with Crippen molar-refractivity contribution in [3.63, 3.8) is 0 Å². The summed E-state index contributed by atoms with van der Waals surface area (Å²) in [5.41, 5.74) is 0.256. The van der Waals surface area contributed by atoms with Crippen LogP contribution in [-0.2, 0) is 4.79 Å². The van der Waals surface area contributed by atoms with Crippen LogP contribution in [0.4, 0.5) is 10.1 Å². The summed E-state index contributed by atoms with van der Waals surface area (Å²) in [6.45, 7) is 0.658. The summed E-state index contributed by atoms with van der Waals surface area (Å²) in [6.07, 6.45) is 7.99. The lowest BCUT2D eigenvalue weighted by Gasteiger charge is -2.15. The van der Waals surface area contributed by atoms with Crippen LogP contribution in [0.15, 0.2) is 24.3 Å². The Morgan fingerprint density at radius 1 is 1.15 bits per heavy atom. The number of benzene rings is 1. The molecule has 1 aliphatic carbocycles. The zero-order chi connectivity index (χ0) is 14.2. The van der Waals surface area contributed by atoms with Crippen LogP contribution in [0.25, 0.3) is 0 Å². The summed E-state index contributed by atoms with van der Waals surface area (Å²) >= 11 is 0. The lowest BCUT2D eigenvalue weighted by molar-refractivity contribution is -0.116. The van der Waals surface area contributed by atoms with Crippen molar-refractivity contribution < 1.29 is 9.18 Å². The van der Waals surface area contributed by atoms with Gasteiger partial charge in [0, 0.05) is 19.0 Å². The number of para-hydroxylation sites is 1. The van der Waals surface area contributed by atoms with Crippen molar-refractivity contribution in [3.8, 4) is 0 Å². The summed E-state index contributed by atoms with van der Waals surface area (Å²) in [7, 11) is 0. The molecule has 20 heavy (non-hydrogen) atoms. The van der Waals surface area contributed by atoms with Crippen molar-refractivity contribution in [2.75, 3.05) is 11.9 Å². The first kappa shape index (κ1) is 15.0. The molecule has 0 aromatic heterocycles. The van der Waals surface area contributed by atoms with Gasteiger partial charge >= 0.3 is 0 Å². The molecule has 4 heteroatoms. The van der Waals surface area contributed by atoms with E-state index in [9.17, 15) is 9.18 Å². The Bertz CT molecular complexity index is 428. The SMILES string of the molecule is O=C(CCNC1CCCCCC1)Nc1ccccc1F. The molecular formula is C16H23FN2O. The fourth-order valence-electron chi connectivity index (χ4n) is 2.65. The number of carbonyl (C=O) groups is 1. The van der Waals surface area contributed by atoms with E-state index in [4.69, 9.17) is 0 Å². The summed E-state index contributed by atoms with van der Waals surface area (Å²) in [5.74, 6) is -0.534. The molecule has 0 aliphatic heterocycles. The average Bonchev–Trinajstić information content (AvgIpc) is 2.70. The normalized spacial score (nSPS) is 16.6. The van der Waals surface area contributed by atoms with Crippen LogP contribution in [0.5, 0.6) is 0 Å². The zero-order valence-corrected chi connectivity index (χ0v) is 11.8. The summed E-state index contributed by atoms with van der Waals surface area (Å²) in [4.78, 5) is 11.8. The van der Waals surface area contributed by atoms with E-state index in [0.29, 0.717) is 19.0 Å². The smallest absolute Gasteiger partial charge is 0.225 e. The minimum atomic E-state index is -0.391. The molecule has 1 aromatic carbocycles. The number of carbonyl (C=O) groups excluding carboxylic acids is 1. The van der Waals surface area contributed by atoms with Gasteiger partial charge in [0.05, 0.1) is 5.69 Å². The van der Waals surface area contributed by atoms with Crippen molar-refractivity contribution in [2.24, 2.45) is 0 Å². The minimum absolute atomic E-state index is 0.142. The lowest BCUT2D eigenvalue weighted by Crippen LogP contribution is -2.31. The van der Waals surface area contributed by atoms with Gasteiger partial charge in [-0.1, -0.05) is 37.8 Å². The Labute approximate surface area is 120 Å². The largest absolute Gasteiger partial charge is 0.324 e. The molecule has 0 unspecified atom stereocenters. The van der Waals surface area contributed by atoms with E-state index in [1.807, 2.05) is 0 Å². The number of rotatable bonds is 5. The second kappa shape index (κ2) is 8.00. The zero-order valence-electron chi connectivity index (χ0n) is 11.8. The predicted molar refractivity (Wildman–Crippen MR) is 79.1 cm³/mol. The molecule has 1 saturated carbocycles. The molecule has 1 amide bonds. The standard InChI is InChI=1S/C16H23FN2O/c17-14-9-5-6-10-15(14)19-16(20)11-12-18-13-7-3-1-2-4-8-13/h5-6,9-10,13,18H,1-4,7-8,11-12H2,(H,19,20). The van der Waals surface area contributed by atoms with Crippen LogP contribution < -0.4 is 10.6 Å². The third kappa shape index (κ3) is 4.93. The second-order valence-electron chi connectivity index (χ2n) is 5.42. The maximum absolute atomic E-state index is 13.4. The third-order valence-electron chi connectivity index (χ3n) is 3.79. The Morgan fingerprint density at radius 3 is 2.55 bits per heavy atom. The molecule has 2 N–H and O–H groups in total. The van der Waals surface area contributed by atoms with Crippen molar-refractivity contribution in [1.82, 2.24) is 5.32 Å². The summed E-state index contributed by atoms with van der Waals surface area (Å²) in [6, 6.07) is 6.78. The molecule has 3 nitrogen and oxygen atoms in total. The van der Waals surface area contributed by atoms with Gasteiger partial charge < -0.3 is 10.6 Å². The van der Waals surface area contributed by atoms with Crippen LogP contribution in [0, 0.1) is 5.82 Å². The number of hydrogen-bond donors (Lipinski definition) is 2. The highest BCUT2D eigenvalue weighted by atomic mass is 19.1. The minimum Gasteiger partial charge on any atom is -0.324 e. The van der Waals surface area contributed by atoms with Crippen molar-refractivity contribution in [3.05, 3.63) is 30.1 Å². The van der Waals surface area contributed by atoms with E-state index in [-0.39, 0.29) is 11.6 Å². The van der Waals surface area contributed by atoms with E-state index < -0.39 is 5.82 Å². The molecule has 1 aliphatic rings. The van der Waals surface area contributed by atoms with Crippen LogP contribution in [-0.4, -0.2) is 18.5 Å². The highest BCUT2D eigenvalue weighted by Gasteiger charge is 2.12. The highest BCUT2D eigenvalue weighted by molar-refractivity contribution is 5.90. The summed E-state index contributed by atoms with van der Waals surface area (Å²) < 4.78 is 13.4. The van der Waals surface area contributed by atoms with Crippen LogP contribution >= 0.6 is 0 Å². The first-order chi connectivity index (χ1) is 9.75. The predicted octanol–water partition coefficient (Wildman–Crippen LogP) is 3.47. The number of amides is 1. The van der Waals surface area contributed by atoms with Gasteiger partial charge in [0.2, 0.25) is 5.91 Å². The lowest BCUT2D eigenvalue weighted by atomic mass is 10.1. The maximum atomic E-state index is 13.4. The molecular weight excluding hydrogens is 255 g/mol. The second-order valence-corrected chi connectivity index (χ2v) is 5.42. The number of anilines is 1. The van der Waals surface area contributed by atoms with Gasteiger partial charge in [0.1, 0.15) is 5.82 Å². The molecule has 1 fully saturated rings. The number of halogens is 1. The Kier molecular flexibility index (Phi) is 5.99. The van der Waals surface area contributed by atoms with Gasteiger partial charge in [0.25, 0.3) is 0 Å².